The molecule has 4 aromatic rings. The van der Waals surface area contributed by atoms with Gasteiger partial charge in [0.2, 0.25) is 0 Å². The van der Waals surface area contributed by atoms with Crippen LogP contribution in [0.5, 0.6) is 0 Å². The monoisotopic (exact) mass is 507 g/mol. The molecular weight excluding hydrogens is 482 g/mol. The van der Waals surface area contributed by atoms with E-state index in [0.29, 0.717) is 35.4 Å². The van der Waals surface area contributed by atoms with Crippen molar-refractivity contribution in [3.8, 4) is 11.3 Å². The van der Waals surface area contributed by atoms with Crippen molar-refractivity contribution in [2.75, 3.05) is 56.0 Å². The minimum absolute atomic E-state index is 0.0489. The van der Waals surface area contributed by atoms with Gasteiger partial charge in [-0.1, -0.05) is 23.7 Å². The molecule has 5 rings (SSSR count). The largest absolute Gasteiger partial charge is 0.464 e. The summed E-state index contributed by atoms with van der Waals surface area (Å²) in [6.07, 6.45) is 1.74. The van der Waals surface area contributed by atoms with Gasteiger partial charge in [-0.2, -0.15) is 0 Å². The maximum atomic E-state index is 12.8. The van der Waals surface area contributed by atoms with Crippen molar-refractivity contribution in [1.82, 2.24) is 19.5 Å². The van der Waals surface area contributed by atoms with Crippen molar-refractivity contribution in [2.45, 2.75) is 0 Å². The van der Waals surface area contributed by atoms with Gasteiger partial charge >= 0.3 is 5.97 Å². The number of aryl methyl sites for hydroxylation is 1. The summed E-state index contributed by atoms with van der Waals surface area (Å²) in [5.74, 6) is 0.121. The van der Waals surface area contributed by atoms with Crippen molar-refractivity contribution < 1.29 is 14.3 Å². The molecule has 0 bridgehead atoms. The van der Waals surface area contributed by atoms with E-state index in [4.69, 9.17) is 26.1 Å². The number of aromatic nitrogens is 4. The Hall–Kier alpha value is -3.89. The number of benzene rings is 2. The maximum absolute atomic E-state index is 12.8. The fraction of sp³-hybridized carbons (Fsp3) is 0.280. The van der Waals surface area contributed by atoms with E-state index >= 15 is 0 Å². The van der Waals surface area contributed by atoms with Gasteiger partial charge < -0.3 is 29.6 Å². The average molecular weight is 508 g/mol. The number of nitrogens with zero attached hydrogens (tertiary/aromatic N) is 5. The maximum Gasteiger partial charge on any atom is 0.360 e. The molecular formula is C25H26ClN7O3. The molecule has 0 unspecified atom stereocenters. The molecule has 1 fully saturated rings. The van der Waals surface area contributed by atoms with Crippen molar-refractivity contribution in [2.24, 2.45) is 7.05 Å². The lowest BCUT2D eigenvalue weighted by Gasteiger charge is -2.29. The molecule has 2 aromatic heterocycles. The van der Waals surface area contributed by atoms with Gasteiger partial charge in [-0.15, -0.1) is 0 Å². The van der Waals surface area contributed by atoms with Crippen LogP contribution in [0.4, 0.5) is 23.0 Å². The van der Waals surface area contributed by atoms with E-state index in [9.17, 15) is 4.79 Å². The molecule has 0 atom stereocenters. The number of carbonyl (C=O) groups is 1. The predicted molar refractivity (Wildman–Crippen MR) is 140 cm³/mol. The molecule has 1 aliphatic heterocycles. The van der Waals surface area contributed by atoms with Gasteiger partial charge in [-0.25, -0.2) is 19.7 Å². The van der Waals surface area contributed by atoms with Crippen LogP contribution >= 0.6 is 11.6 Å². The number of fused-ring (bicyclic) bond motifs is 1. The number of morpholine rings is 1. The molecule has 11 heteroatoms. The van der Waals surface area contributed by atoms with Crippen LogP contribution in [0.3, 0.4) is 0 Å². The summed E-state index contributed by atoms with van der Waals surface area (Å²) >= 11 is 6.61. The fourth-order valence-corrected chi connectivity index (χ4v) is 4.56. The van der Waals surface area contributed by atoms with Crippen LogP contribution in [0.25, 0.3) is 22.3 Å². The van der Waals surface area contributed by atoms with Crippen LogP contribution in [0.1, 0.15) is 10.5 Å². The summed E-state index contributed by atoms with van der Waals surface area (Å²) in [6.45, 7) is 2.89. The number of methoxy groups -OCH3 is 1. The van der Waals surface area contributed by atoms with Crippen LogP contribution in [-0.4, -0.2) is 65.9 Å². The average Bonchev–Trinajstić information content (AvgIpc) is 3.29. The van der Waals surface area contributed by atoms with Crippen molar-refractivity contribution in [3.05, 3.63) is 53.4 Å². The first kappa shape index (κ1) is 23.8. The Kier molecular flexibility index (Phi) is 6.62. The molecule has 186 valence electrons. The van der Waals surface area contributed by atoms with E-state index in [1.54, 1.807) is 19.4 Å². The second-order valence-electron chi connectivity index (χ2n) is 8.28. The number of hydrogen-bond donors (Lipinski definition) is 2. The summed E-state index contributed by atoms with van der Waals surface area (Å²) < 4.78 is 12.4. The molecule has 2 N–H and O–H groups in total. The zero-order valence-electron chi connectivity index (χ0n) is 20.2. The summed E-state index contributed by atoms with van der Waals surface area (Å²) in [5.41, 5.74) is 4.58. The molecule has 3 heterocycles. The lowest BCUT2D eigenvalue weighted by atomic mass is 10.1. The van der Waals surface area contributed by atoms with Crippen LogP contribution in [-0.2, 0) is 16.5 Å². The minimum Gasteiger partial charge on any atom is -0.464 e. The fourth-order valence-electron chi connectivity index (χ4n) is 4.25. The van der Waals surface area contributed by atoms with Gasteiger partial charge in [-0.05, 0) is 24.3 Å². The number of esters is 1. The molecule has 0 aliphatic carbocycles. The standard InChI is InChI=1S/C25H26ClN7O3/c1-27-23-21(16-5-4-6-19-20(16)28-14-32(19)2)30-22(25(34)35-3)24(31-23)29-15-7-8-18(17(26)13-15)33-9-11-36-12-10-33/h4-8,13-14H,9-12H2,1-3H3,(H2,27,29,31). The van der Waals surface area contributed by atoms with E-state index in [1.807, 2.05) is 41.9 Å². The van der Waals surface area contributed by atoms with Crippen molar-refractivity contribution >= 4 is 51.6 Å². The molecule has 1 saturated heterocycles. The smallest absolute Gasteiger partial charge is 0.360 e. The number of anilines is 4. The highest BCUT2D eigenvalue weighted by molar-refractivity contribution is 6.33. The normalized spacial score (nSPS) is 13.6. The first-order chi connectivity index (χ1) is 17.5. The van der Waals surface area contributed by atoms with Crippen LogP contribution < -0.4 is 15.5 Å². The number of rotatable bonds is 6. The van der Waals surface area contributed by atoms with Crippen LogP contribution in [0.2, 0.25) is 5.02 Å². The Morgan fingerprint density at radius 2 is 1.94 bits per heavy atom. The summed E-state index contributed by atoms with van der Waals surface area (Å²) in [6, 6.07) is 11.4. The summed E-state index contributed by atoms with van der Waals surface area (Å²) in [7, 11) is 4.99. The van der Waals surface area contributed by atoms with E-state index in [2.05, 4.69) is 25.5 Å². The van der Waals surface area contributed by atoms with E-state index in [0.717, 1.165) is 35.4 Å². The van der Waals surface area contributed by atoms with E-state index in [-0.39, 0.29) is 11.5 Å². The zero-order chi connectivity index (χ0) is 25.2. The highest BCUT2D eigenvalue weighted by Crippen LogP contribution is 2.35. The summed E-state index contributed by atoms with van der Waals surface area (Å²) in [4.78, 5) is 28.8. The number of para-hydroxylation sites is 1. The lowest BCUT2D eigenvalue weighted by Crippen LogP contribution is -2.36. The Morgan fingerprint density at radius 3 is 2.67 bits per heavy atom. The number of hydrogen-bond acceptors (Lipinski definition) is 9. The number of imidazole rings is 1. The number of halogens is 1. The molecule has 1 aliphatic rings. The molecule has 0 spiro atoms. The van der Waals surface area contributed by atoms with Gasteiger partial charge in [-0.3, -0.25) is 0 Å². The van der Waals surface area contributed by atoms with Gasteiger partial charge in [0.25, 0.3) is 0 Å². The van der Waals surface area contributed by atoms with Crippen molar-refractivity contribution in [3.63, 3.8) is 0 Å². The Balaban J connectivity index is 1.55. The highest BCUT2D eigenvalue weighted by atomic mass is 35.5. The Labute approximate surface area is 213 Å². The zero-order valence-corrected chi connectivity index (χ0v) is 21.0. The first-order valence-corrected chi connectivity index (χ1v) is 11.9. The second-order valence-corrected chi connectivity index (χ2v) is 8.69. The molecule has 0 amide bonds. The molecule has 36 heavy (non-hydrogen) atoms. The molecule has 10 nitrogen and oxygen atoms in total. The third kappa shape index (κ3) is 4.40. The number of ether oxygens (including phenoxy) is 2. The quantitative estimate of drug-likeness (QED) is 0.373. The van der Waals surface area contributed by atoms with Gasteiger partial charge in [0.1, 0.15) is 5.69 Å². The third-order valence-electron chi connectivity index (χ3n) is 6.08. The first-order valence-electron chi connectivity index (χ1n) is 11.5. The summed E-state index contributed by atoms with van der Waals surface area (Å²) in [5, 5.41) is 6.87. The minimum atomic E-state index is -0.613. The van der Waals surface area contributed by atoms with Crippen LogP contribution in [0.15, 0.2) is 42.7 Å². The molecule has 0 radical (unpaired) electrons. The lowest BCUT2D eigenvalue weighted by molar-refractivity contribution is 0.0595. The highest BCUT2D eigenvalue weighted by Gasteiger charge is 2.23. The Morgan fingerprint density at radius 1 is 1.14 bits per heavy atom. The predicted octanol–water partition coefficient (Wildman–Crippen LogP) is 4.09. The van der Waals surface area contributed by atoms with Crippen LogP contribution in [0, 0.1) is 0 Å². The van der Waals surface area contributed by atoms with Gasteiger partial charge in [0.15, 0.2) is 17.3 Å². The molecule has 0 saturated carbocycles. The van der Waals surface area contributed by atoms with E-state index in [1.165, 1.54) is 7.11 Å². The number of carbonyl (C=O) groups excluding carboxylic acids is 1. The van der Waals surface area contributed by atoms with Crippen molar-refractivity contribution in [1.29, 1.82) is 0 Å². The third-order valence-corrected chi connectivity index (χ3v) is 6.39. The molecule has 2 aromatic carbocycles. The van der Waals surface area contributed by atoms with Gasteiger partial charge in [0.05, 0.1) is 48.4 Å². The topological polar surface area (TPSA) is 106 Å². The van der Waals surface area contributed by atoms with Gasteiger partial charge in [0, 0.05) is 38.4 Å². The Bertz CT molecular complexity index is 1430. The number of nitrogens with one attached hydrogen (secondary N) is 2. The SMILES string of the molecule is CNc1nc(Nc2ccc(N3CCOCC3)c(Cl)c2)c(C(=O)OC)nc1-c1cccc2c1ncn2C. The second kappa shape index (κ2) is 10.00. The van der Waals surface area contributed by atoms with E-state index < -0.39 is 5.97 Å².